The molecule has 0 spiro atoms. The number of hydrogen-bond donors (Lipinski definition) is 1. The maximum atomic E-state index is 13.0. The predicted octanol–water partition coefficient (Wildman–Crippen LogP) is 4.62. The van der Waals surface area contributed by atoms with Gasteiger partial charge in [-0.3, -0.25) is 4.79 Å². The van der Waals surface area contributed by atoms with Gasteiger partial charge in [-0.1, -0.05) is 4.49 Å². The summed E-state index contributed by atoms with van der Waals surface area (Å²) in [5.74, 6) is -0.989. The van der Waals surface area contributed by atoms with Crippen LogP contribution >= 0.6 is 11.5 Å². The van der Waals surface area contributed by atoms with Crippen LogP contribution in [0.1, 0.15) is 15.2 Å². The average molecular weight is 367 g/mol. The van der Waals surface area contributed by atoms with Crippen LogP contribution in [0, 0.1) is 5.82 Å². The summed E-state index contributed by atoms with van der Waals surface area (Å²) in [7, 11) is 0. The lowest BCUT2D eigenvalue weighted by Crippen LogP contribution is -2.12. The van der Waals surface area contributed by atoms with Gasteiger partial charge in [-0.05, 0) is 60.1 Å². The zero-order valence-corrected chi connectivity index (χ0v) is 13.2. The van der Waals surface area contributed by atoms with Gasteiger partial charge in [0.1, 0.15) is 16.4 Å². The molecule has 0 atom stereocenters. The Kier molecular flexibility index (Phi) is 4.49. The van der Waals surface area contributed by atoms with Crippen molar-refractivity contribution < 1.29 is 22.4 Å². The molecule has 0 aliphatic carbocycles. The number of benzene rings is 2. The first-order valence-corrected chi connectivity index (χ1v) is 7.69. The molecule has 1 heterocycles. The molecule has 0 fully saturated rings. The van der Waals surface area contributed by atoms with Crippen molar-refractivity contribution in [3.8, 4) is 11.3 Å². The summed E-state index contributed by atoms with van der Waals surface area (Å²) in [5.41, 5.74) is 0.176. The van der Waals surface area contributed by atoms with E-state index in [1.807, 2.05) is 0 Å². The van der Waals surface area contributed by atoms with Gasteiger partial charge in [0.2, 0.25) is 0 Å². The van der Waals surface area contributed by atoms with E-state index < -0.39 is 23.5 Å². The third-order valence-corrected chi connectivity index (χ3v) is 4.01. The van der Waals surface area contributed by atoms with Crippen LogP contribution in [-0.2, 0) is 6.18 Å². The summed E-state index contributed by atoms with van der Waals surface area (Å²) in [6.45, 7) is 0. The Labute approximate surface area is 143 Å². The molecular formula is C16H9F4N3OS. The Bertz CT molecular complexity index is 889. The Morgan fingerprint density at radius 3 is 2.24 bits per heavy atom. The summed E-state index contributed by atoms with van der Waals surface area (Å²) in [4.78, 5) is 12.5. The Morgan fingerprint density at radius 2 is 1.64 bits per heavy atom. The molecule has 25 heavy (non-hydrogen) atoms. The van der Waals surface area contributed by atoms with E-state index in [1.165, 1.54) is 24.3 Å². The Hall–Kier alpha value is -2.81. The van der Waals surface area contributed by atoms with E-state index >= 15 is 0 Å². The molecule has 1 aromatic heterocycles. The maximum absolute atomic E-state index is 13.0. The van der Waals surface area contributed by atoms with Crippen molar-refractivity contribution in [2.45, 2.75) is 6.18 Å². The maximum Gasteiger partial charge on any atom is 0.416 e. The van der Waals surface area contributed by atoms with Crippen LogP contribution in [-0.4, -0.2) is 15.5 Å². The van der Waals surface area contributed by atoms with Gasteiger partial charge in [-0.2, -0.15) is 13.2 Å². The van der Waals surface area contributed by atoms with Crippen LogP contribution in [0.15, 0.2) is 48.5 Å². The number of hydrogen-bond acceptors (Lipinski definition) is 4. The molecule has 0 aliphatic rings. The van der Waals surface area contributed by atoms with E-state index in [9.17, 15) is 22.4 Å². The zero-order chi connectivity index (χ0) is 18.0. The van der Waals surface area contributed by atoms with Gasteiger partial charge in [-0.15, -0.1) is 5.10 Å². The number of anilines is 1. The summed E-state index contributed by atoms with van der Waals surface area (Å²) >= 11 is 0.836. The van der Waals surface area contributed by atoms with Gasteiger partial charge in [0, 0.05) is 11.3 Å². The van der Waals surface area contributed by atoms with Crippen molar-refractivity contribution in [2.24, 2.45) is 0 Å². The number of nitrogens with zero attached hydrogens (tertiary/aromatic N) is 2. The monoisotopic (exact) mass is 367 g/mol. The van der Waals surface area contributed by atoms with Gasteiger partial charge in [0.05, 0.1) is 5.56 Å². The van der Waals surface area contributed by atoms with E-state index in [1.54, 1.807) is 0 Å². The third kappa shape index (κ3) is 3.82. The van der Waals surface area contributed by atoms with Crippen LogP contribution in [0.25, 0.3) is 11.3 Å². The van der Waals surface area contributed by atoms with Crippen LogP contribution in [0.3, 0.4) is 0 Å². The first-order valence-electron chi connectivity index (χ1n) is 6.91. The molecule has 0 radical (unpaired) electrons. The minimum atomic E-state index is -4.44. The lowest BCUT2D eigenvalue weighted by molar-refractivity contribution is -0.137. The molecule has 0 bridgehead atoms. The Balaban J connectivity index is 1.81. The van der Waals surface area contributed by atoms with Crippen molar-refractivity contribution >= 4 is 23.1 Å². The molecule has 0 saturated carbocycles. The molecule has 0 unspecified atom stereocenters. The SMILES string of the molecule is O=C(Nc1ccc(C(F)(F)F)cc1)c1snnc1-c1ccc(F)cc1. The predicted molar refractivity (Wildman–Crippen MR) is 84.7 cm³/mol. The molecule has 128 valence electrons. The smallest absolute Gasteiger partial charge is 0.321 e. The first-order chi connectivity index (χ1) is 11.8. The fourth-order valence-electron chi connectivity index (χ4n) is 2.07. The third-order valence-electron chi connectivity index (χ3n) is 3.28. The highest BCUT2D eigenvalue weighted by Crippen LogP contribution is 2.30. The van der Waals surface area contributed by atoms with Crippen LogP contribution < -0.4 is 5.32 Å². The van der Waals surface area contributed by atoms with Crippen LogP contribution in [0.2, 0.25) is 0 Å². The quantitative estimate of drug-likeness (QED) is 0.688. The van der Waals surface area contributed by atoms with Gasteiger partial charge < -0.3 is 5.32 Å². The van der Waals surface area contributed by atoms with E-state index in [2.05, 4.69) is 14.9 Å². The molecule has 9 heteroatoms. The molecule has 1 amide bonds. The standard InChI is InChI=1S/C16H9F4N3OS/c17-11-5-1-9(2-6-11)13-14(25-23-22-13)15(24)21-12-7-3-10(4-8-12)16(18,19)20/h1-8H,(H,21,24). The highest BCUT2D eigenvalue weighted by Gasteiger charge is 2.30. The second kappa shape index (κ2) is 6.60. The molecule has 3 rings (SSSR count). The van der Waals surface area contributed by atoms with Gasteiger partial charge in [0.15, 0.2) is 0 Å². The lowest BCUT2D eigenvalue weighted by atomic mass is 10.1. The average Bonchev–Trinajstić information content (AvgIpc) is 3.05. The molecule has 4 nitrogen and oxygen atoms in total. The summed E-state index contributed by atoms with van der Waals surface area (Å²) in [5, 5.41) is 6.36. The van der Waals surface area contributed by atoms with E-state index in [-0.39, 0.29) is 16.3 Å². The molecule has 1 N–H and O–H groups in total. The van der Waals surface area contributed by atoms with Crippen molar-refractivity contribution in [1.29, 1.82) is 0 Å². The summed E-state index contributed by atoms with van der Waals surface area (Å²) in [6, 6.07) is 9.45. The van der Waals surface area contributed by atoms with E-state index in [0.717, 1.165) is 35.8 Å². The molecule has 2 aromatic carbocycles. The highest BCUT2D eigenvalue weighted by atomic mass is 32.1. The van der Waals surface area contributed by atoms with Crippen molar-refractivity contribution in [3.63, 3.8) is 0 Å². The fraction of sp³-hybridized carbons (Fsp3) is 0.0625. The number of amides is 1. The van der Waals surface area contributed by atoms with E-state index in [4.69, 9.17) is 0 Å². The number of alkyl halides is 3. The minimum Gasteiger partial charge on any atom is -0.321 e. The van der Waals surface area contributed by atoms with Crippen molar-refractivity contribution in [1.82, 2.24) is 9.59 Å². The van der Waals surface area contributed by atoms with Crippen molar-refractivity contribution in [3.05, 3.63) is 64.8 Å². The highest BCUT2D eigenvalue weighted by molar-refractivity contribution is 7.08. The number of aromatic nitrogens is 2. The molecule has 0 saturated heterocycles. The first kappa shape index (κ1) is 17.0. The van der Waals surface area contributed by atoms with E-state index in [0.29, 0.717) is 5.56 Å². The topological polar surface area (TPSA) is 54.9 Å². The van der Waals surface area contributed by atoms with Gasteiger partial charge in [0.25, 0.3) is 5.91 Å². The zero-order valence-electron chi connectivity index (χ0n) is 12.3. The number of nitrogens with one attached hydrogen (secondary N) is 1. The molecule has 0 aliphatic heterocycles. The molecule has 3 aromatic rings. The summed E-state index contributed by atoms with van der Waals surface area (Å²) in [6.07, 6.45) is -4.44. The van der Waals surface area contributed by atoms with Gasteiger partial charge in [-0.25, -0.2) is 4.39 Å². The number of carbonyl (C=O) groups excluding carboxylic acids is 1. The number of halogens is 4. The van der Waals surface area contributed by atoms with Crippen LogP contribution in [0.5, 0.6) is 0 Å². The normalized spacial score (nSPS) is 11.4. The van der Waals surface area contributed by atoms with Crippen molar-refractivity contribution in [2.75, 3.05) is 5.32 Å². The second-order valence-corrected chi connectivity index (χ2v) is 5.74. The largest absolute Gasteiger partial charge is 0.416 e. The molecular weight excluding hydrogens is 358 g/mol. The number of rotatable bonds is 3. The van der Waals surface area contributed by atoms with Crippen LogP contribution in [0.4, 0.5) is 23.2 Å². The van der Waals surface area contributed by atoms with Gasteiger partial charge >= 0.3 is 6.18 Å². The number of carbonyl (C=O) groups is 1. The Morgan fingerprint density at radius 1 is 1.00 bits per heavy atom. The minimum absolute atomic E-state index is 0.173. The fourth-order valence-corrected chi connectivity index (χ4v) is 2.65. The summed E-state index contributed by atoms with van der Waals surface area (Å²) < 4.78 is 54.4. The second-order valence-electron chi connectivity index (χ2n) is 4.99. The lowest BCUT2D eigenvalue weighted by Gasteiger charge is -2.08.